The fourth-order valence-corrected chi connectivity index (χ4v) is 3.30. The van der Waals surface area contributed by atoms with Crippen LogP contribution in [0.15, 0.2) is 12.1 Å². The molecule has 2 aromatic rings. The van der Waals surface area contributed by atoms with E-state index < -0.39 is 11.4 Å². The van der Waals surface area contributed by atoms with Crippen LogP contribution in [0.2, 0.25) is 0 Å². The predicted octanol–water partition coefficient (Wildman–Crippen LogP) is 4.03. The van der Waals surface area contributed by atoms with E-state index >= 15 is 0 Å². The molecule has 6 nitrogen and oxygen atoms in total. The molecule has 1 amide bonds. The SMILES string of the molecule is Cc1cc(C(=O)COC(=O)c2sc(NC(=O)C(C)(C)C)cc2C)c(C)[nH]1. The van der Waals surface area contributed by atoms with Gasteiger partial charge < -0.3 is 15.0 Å². The molecule has 0 saturated heterocycles. The van der Waals surface area contributed by atoms with E-state index in [0.29, 0.717) is 21.0 Å². The van der Waals surface area contributed by atoms with Gasteiger partial charge in [0.15, 0.2) is 6.61 Å². The Morgan fingerprint density at radius 1 is 1.15 bits per heavy atom. The van der Waals surface area contributed by atoms with Gasteiger partial charge in [-0.25, -0.2) is 4.79 Å². The molecule has 0 fully saturated rings. The Morgan fingerprint density at radius 3 is 2.35 bits per heavy atom. The van der Waals surface area contributed by atoms with Crippen LogP contribution in [0.4, 0.5) is 5.00 Å². The monoisotopic (exact) mass is 376 g/mol. The molecule has 0 aliphatic carbocycles. The highest BCUT2D eigenvalue weighted by atomic mass is 32.1. The third-order valence-corrected chi connectivity index (χ3v) is 4.94. The lowest BCUT2D eigenvalue weighted by molar-refractivity contribution is -0.123. The lowest BCUT2D eigenvalue weighted by atomic mass is 9.96. The van der Waals surface area contributed by atoms with E-state index in [1.807, 2.05) is 27.7 Å². The number of H-pyrrole nitrogens is 1. The van der Waals surface area contributed by atoms with Crippen LogP contribution in [-0.2, 0) is 9.53 Å². The predicted molar refractivity (Wildman–Crippen MR) is 102 cm³/mol. The summed E-state index contributed by atoms with van der Waals surface area (Å²) in [6.45, 7) is 10.5. The van der Waals surface area contributed by atoms with Gasteiger partial charge in [-0.05, 0) is 38.5 Å². The number of ether oxygens (including phenoxy) is 1. The number of ketones is 1. The summed E-state index contributed by atoms with van der Waals surface area (Å²) in [6.07, 6.45) is 0. The number of carbonyl (C=O) groups excluding carboxylic acids is 3. The second-order valence-electron chi connectivity index (χ2n) is 7.32. The summed E-state index contributed by atoms with van der Waals surface area (Å²) in [4.78, 5) is 40.0. The standard InChI is InChI=1S/C19H24N2O4S/c1-10-7-15(21-18(24)19(4,5)6)26-16(10)17(23)25-9-14(22)13-8-11(2)20-12(13)3/h7-8,20H,9H2,1-6H3,(H,21,24). The number of rotatable bonds is 5. The maximum atomic E-state index is 12.3. The van der Waals surface area contributed by atoms with Crippen LogP contribution in [-0.4, -0.2) is 29.3 Å². The smallest absolute Gasteiger partial charge is 0.349 e. The van der Waals surface area contributed by atoms with Crippen LogP contribution in [0, 0.1) is 26.2 Å². The molecular formula is C19H24N2O4S. The average molecular weight is 376 g/mol. The molecule has 26 heavy (non-hydrogen) atoms. The van der Waals surface area contributed by atoms with Crippen molar-refractivity contribution >= 4 is 34.0 Å². The number of hydrogen-bond donors (Lipinski definition) is 2. The van der Waals surface area contributed by atoms with Gasteiger partial charge in [0.1, 0.15) is 4.88 Å². The molecule has 0 unspecified atom stereocenters. The highest BCUT2D eigenvalue weighted by Gasteiger charge is 2.24. The van der Waals surface area contributed by atoms with Crippen molar-refractivity contribution in [3.05, 3.63) is 39.5 Å². The normalized spacial score (nSPS) is 11.3. The fourth-order valence-electron chi connectivity index (χ4n) is 2.33. The van der Waals surface area contributed by atoms with Crippen molar-refractivity contribution in [2.24, 2.45) is 5.41 Å². The third-order valence-electron chi connectivity index (χ3n) is 3.81. The van der Waals surface area contributed by atoms with Crippen molar-refractivity contribution in [2.75, 3.05) is 11.9 Å². The van der Waals surface area contributed by atoms with E-state index in [2.05, 4.69) is 10.3 Å². The number of thiophene rings is 1. The number of Topliss-reactive ketones (excluding diaryl/α,β-unsaturated/α-hetero) is 1. The first kappa shape index (κ1) is 19.9. The van der Waals surface area contributed by atoms with Gasteiger partial charge in [-0.2, -0.15) is 0 Å². The second kappa shape index (κ2) is 7.45. The molecule has 0 aliphatic heterocycles. The molecule has 0 saturated carbocycles. The summed E-state index contributed by atoms with van der Waals surface area (Å²) in [6, 6.07) is 3.47. The summed E-state index contributed by atoms with van der Waals surface area (Å²) in [7, 11) is 0. The zero-order valence-corrected chi connectivity index (χ0v) is 16.7. The molecule has 0 aromatic carbocycles. The van der Waals surface area contributed by atoms with Crippen LogP contribution < -0.4 is 5.32 Å². The highest BCUT2D eigenvalue weighted by molar-refractivity contribution is 7.18. The molecule has 2 aromatic heterocycles. The van der Waals surface area contributed by atoms with E-state index in [-0.39, 0.29) is 18.3 Å². The molecule has 2 heterocycles. The number of anilines is 1. The first-order valence-corrected chi connectivity index (χ1v) is 9.09. The van der Waals surface area contributed by atoms with E-state index in [0.717, 1.165) is 22.7 Å². The Labute approximate surface area is 157 Å². The van der Waals surface area contributed by atoms with Crippen LogP contribution in [0.5, 0.6) is 0 Å². The Bertz CT molecular complexity index is 856. The molecule has 0 spiro atoms. The lowest BCUT2D eigenvalue weighted by Crippen LogP contribution is -2.27. The van der Waals surface area contributed by atoms with E-state index in [9.17, 15) is 14.4 Å². The molecule has 0 bridgehead atoms. The quantitative estimate of drug-likeness (QED) is 0.609. The van der Waals surface area contributed by atoms with Crippen molar-refractivity contribution in [1.82, 2.24) is 4.98 Å². The maximum absolute atomic E-state index is 12.3. The maximum Gasteiger partial charge on any atom is 0.349 e. The molecule has 0 atom stereocenters. The molecule has 2 N–H and O–H groups in total. The molecule has 0 aliphatic rings. The van der Waals surface area contributed by atoms with Crippen molar-refractivity contribution in [2.45, 2.75) is 41.5 Å². The largest absolute Gasteiger partial charge is 0.453 e. The highest BCUT2D eigenvalue weighted by Crippen LogP contribution is 2.29. The van der Waals surface area contributed by atoms with Gasteiger partial charge in [0.2, 0.25) is 11.7 Å². The van der Waals surface area contributed by atoms with Gasteiger partial charge in [-0.3, -0.25) is 9.59 Å². The third kappa shape index (κ3) is 4.60. The molecular weight excluding hydrogens is 352 g/mol. The van der Waals surface area contributed by atoms with Gasteiger partial charge in [-0.15, -0.1) is 11.3 Å². The minimum Gasteiger partial charge on any atom is -0.453 e. The Balaban J connectivity index is 2.03. The van der Waals surface area contributed by atoms with Gasteiger partial charge in [0, 0.05) is 22.4 Å². The minimum atomic E-state index is -0.568. The number of aryl methyl sites for hydroxylation is 3. The molecule has 0 radical (unpaired) electrons. The van der Waals surface area contributed by atoms with E-state index in [4.69, 9.17) is 4.74 Å². The number of amides is 1. The summed E-state index contributed by atoms with van der Waals surface area (Å²) < 4.78 is 5.17. The Morgan fingerprint density at radius 2 is 1.81 bits per heavy atom. The van der Waals surface area contributed by atoms with Gasteiger partial charge in [0.05, 0.1) is 5.00 Å². The number of aromatic amines is 1. The zero-order chi connectivity index (χ0) is 19.6. The van der Waals surface area contributed by atoms with Crippen molar-refractivity contribution < 1.29 is 19.1 Å². The van der Waals surface area contributed by atoms with E-state index in [1.165, 1.54) is 0 Å². The number of carbonyl (C=O) groups is 3. The Kier molecular flexibility index (Phi) is 5.71. The lowest BCUT2D eigenvalue weighted by Gasteiger charge is -2.16. The minimum absolute atomic E-state index is 0.132. The first-order valence-electron chi connectivity index (χ1n) is 8.27. The van der Waals surface area contributed by atoms with Crippen molar-refractivity contribution in [3.8, 4) is 0 Å². The van der Waals surface area contributed by atoms with Gasteiger partial charge in [-0.1, -0.05) is 20.8 Å². The van der Waals surface area contributed by atoms with Crippen molar-refractivity contribution in [1.29, 1.82) is 0 Å². The summed E-state index contributed by atoms with van der Waals surface area (Å²) in [5.74, 6) is -0.954. The first-order chi connectivity index (χ1) is 12.0. The molecule has 7 heteroatoms. The average Bonchev–Trinajstić information content (AvgIpc) is 3.05. The number of aromatic nitrogens is 1. The van der Waals surface area contributed by atoms with Crippen LogP contribution >= 0.6 is 11.3 Å². The number of nitrogens with one attached hydrogen (secondary N) is 2. The second-order valence-corrected chi connectivity index (χ2v) is 8.37. The molecule has 140 valence electrons. The topological polar surface area (TPSA) is 88.3 Å². The summed E-state index contributed by atoms with van der Waals surface area (Å²) in [5.41, 5.74) is 2.33. The summed E-state index contributed by atoms with van der Waals surface area (Å²) in [5, 5.41) is 3.38. The van der Waals surface area contributed by atoms with Crippen molar-refractivity contribution in [3.63, 3.8) is 0 Å². The van der Waals surface area contributed by atoms with Crippen LogP contribution in [0.25, 0.3) is 0 Å². The van der Waals surface area contributed by atoms with Crippen LogP contribution in [0.1, 0.15) is 57.8 Å². The number of hydrogen-bond acceptors (Lipinski definition) is 5. The van der Waals surface area contributed by atoms with Gasteiger partial charge >= 0.3 is 5.97 Å². The van der Waals surface area contributed by atoms with Crippen LogP contribution in [0.3, 0.4) is 0 Å². The number of esters is 1. The van der Waals surface area contributed by atoms with E-state index in [1.54, 1.807) is 26.0 Å². The van der Waals surface area contributed by atoms with Gasteiger partial charge in [0.25, 0.3) is 0 Å². The summed E-state index contributed by atoms with van der Waals surface area (Å²) >= 11 is 1.14. The molecule has 2 rings (SSSR count). The Hall–Kier alpha value is -2.41. The zero-order valence-electron chi connectivity index (χ0n) is 15.9. The fraction of sp³-hybridized carbons (Fsp3) is 0.421.